The smallest absolute Gasteiger partial charge is 0.164 e. The molecule has 8 aromatic carbocycles. The van der Waals surface area contributed by atoms with Crippen molar-refractivity contribution in [2.45, 2.75) is 9.79 Å². The van der Waals surface area contributed by atoms with E-state index < -0.39 is 0 Å². The highest BCUT2D eigenvalue weighted by Gasteiger charge is 2.20. The van der Waals surface area contributed by atoms with Crippen molar-refractivity contribution in [1.29, 1.82) is 0 Å². The molecule has 0 atom stereocenters. The molecule has 58 heavy (non-hydrogen) atoms. The molecule has 7 heteroatoms. The van der Waals surface area contributed by atoms with Gasteiger partial charge in [-0.15, -0.1) is 0 Å². The van der Waals surface area contributed by atoms with E-state index in [9.17, 15) is 0 Å². The van der Waals surface area contributed by atoms with Crippen LogP contribution < -0.4 is 4.74 Å². The third kappa shape index (κ3) is 5.39. The van der Waals surface area contributed by atoms with E-state index in [1.165, 1.54) is 10.8 Å². The van der Waals surface area contributed by atoms with E-state index in [1.807, 2.05) is 60.7 Å². The molecule has 0 saturated carbocycles. The molecule has 4 heterocycles. The van der Waals surface area contributed by atoms with E-state index in [0.717, 1.165) is 87.8 Å². The molecule has 1 aliphatic rings. The van der Waals surface area contributed by atoms with Crippen molar-refractivity contribution < 1.29 is 9.15 Å². The summed E-state index contributed by atoms with van der Waals surface area (Å²) in [6, 6.07) is 62.8. The summed E-state index contributed by atoms with van der Waals surface area (Å²) in [5, 5.41) is 4.46. The van der Waals surface area contributed by atoms with E-state index in [-0.39, 0.29) is 0 Å². The zero-order valence-corrected chi connectivity index (χ0v) is 31.7. The van der Waals surface area contributed by atoms with Crippen molar-refractivity contribution in [3.8, 4) is 62.5 Å². The largest absolute Gasteiger partial charge is 0.456 e. The molecule has 0 spiro atoms. The van der Waals surface area contributed by atoms with Gasteiger partial charge in [0.1, 0.15) is 22.7 Å². The molecule has 0 fully saturated rings. The predicted molar refractivity (Wildman–Crippen MR) is 234 cm³/mol. The summed E-state index contributed by atoms with van der Waals surface area (Å²) in [6.07, 6.45) is 0. The number of hydrogen-bond acceptors (Lipinski definition) is 6. The number of ether oxygens (including phenoxy) is 1. The SMILES string of the molecule is c1ccc(-c2nc(-c3ccc4c(c3)oc3cc(-c5ccc6c(c5)Sc5ccccc5O6)ccc34)nc(-c3ccc4c5ccccc5n(-c5ccccc5)c4c3)n2)cc1. The van der Waals surface area contributed by atoms with Crippen LogP contribution in [0.5, 0.6) is 11.5 Å². The Balaban J connectivity index is 0.959. The first-order valence-electron chi connectivity index (χ1n) is 19.2. The van der Waals surface area contributed by atoms with E-state index in [0.29, 0.717) is 17.5 Å². The predicted octanol–water partition coefficient (Wildman–Crippen LogP) is 13.8. The Morgan fingerprint density at radius 2 is 0.931 bits per heavy atom. The zero-order valence-electron chi connectivity index (χ0n) is 30.8. The number of furan rings is 1. The van der Waals surface area contributed by atoms with Crippen LogP contribution in [0.2, 0.25) is 0 Å². The lowest BCUT2D eigenvalue weighted by molar-refractivity contribution is 0.454. The topological polar surface area (TPSA) is 66.0 Å². The second kappa shape index (κ2) is 13.0. The lowest BCUT2D eigenvalue weighted by Crippen LogP contribution is -2.00. The van der Waals surface area contributed by atoms with Gasteiger partial charge in [0.2, 0.25) is 0 Å². The van der Waals surface area contributed by atoms with Crippen LogP contribution in [-0.4, -0.2) is 19.5 Å². The van der Waals surface area contributed by atoms with Crippen LogP contribution in [-0.2, 0) is 0 Å². The van der Waals surface area contributed by atoms with Gasteiger partial charge in [-0.1, -0.05) is 121 Å². The first kappa shape index (κ1) is 32.7. The highest BCUT2D eigenvalue weighted by molar-refractivity contribution is 7.99. The zero-order chi connectivity index (χ0) is 38.2. The van der Waals surface area contributed by atoms with Gasteiger partial charge in [-0.2, -0.15) is 0 Å². The fourth-order valence-corrected chi connectivity index (χ4v) is 9.11. The van der Waals surface area contributed by atoms with Crippen LogP contribution in [0.1, 0.15) is 0 Å². The Morgan fingerprint density at radius 1 is 0.379 bits per heavy atom. The van der Waals surface area contributed by atoms with E-state index in [2.05, 4.69) is 126 Å². The summed E-state index contributed by atoms with van der Waals surface area (Å²) in [4.78, 5) is 17.5. The molecule has 11 aromatic rings. The third-order valence-corrected chi connectivity index (χ3v) is 12.0. The number of aromatic nitrogens is 4. The number of nitrogens with zero attached hydrogens (tertiary/aromatic N) is 4. The van der Waals surface area contributed by atoms with Gasteiger partial charge >= 0.3 is 0 Å². The molecule has 0 radical (unpaired) electrons. The Morgan fingerprint density at radius 3 is 1.72 bits per heavy atom. The third-order valence-electron chi connectivity index (χ3n) is 10.9. The Hall–Kier alpha value is -7.48. The summed E-state index contributed by atoms with van der Waals surface area (Å²) < 4.78 is 15.1. The van der Waals surface area contributed by atoms with Crippen molar-refractivity contribution in [1.82, 2.24) is 19.5 Å². The second-order valence-corrected chi connectivity index (χ2v) is 15.5. The van der Waals surface area contributed by atoms with Crippen LogP contribution in [0.25, 0.3) is 94.7 Å². The van der Waals surface area contributed by atoms with Crippen molar-refractivity contribution in [3.63, 3.8) is 0 Å². The van der Waals surface area contributed by atoms with Gasteiger partial charge in [0.05, 0.1) is 20.8 Å². The number of para-hydroxylation sites is 3. The van der Waals surface area contributed by atoms with Gasteiger partial charge < -0.3 is 13.7 Å². The molecule has 272 valence electrons. The Kier molecular flexibility index (Phi) is 7.36. The van der Waals surface area contributed by atoms with Crippen molar-refractivity contribution in [2.24, 2.45) is 0 Å². The molecule has 1 aliphatic heterocycles. The highest BCUT2D eigenvalue weighted by Crippen LogP contribution is 2.48. The van der Waals surface area contributed by atoms with Crippen LogP contribution in [0.15, 0.2) is 196 Å². The summed E-state index contributed by atoms with van der Waals surface area (Å²) in [5.74, 6) is 3.55. The van der Waals surface area contributed by atoms with Crippen LogP contribution in [0.4, 0.5) is 0 Å². The van der Waals surface area contributed by atoms with E-state index in [1.54, 1.807) is 11.8 Å². The molecule has 0 aliphatic carbocycles. The molecule has 6 nitrogen and oxygen atoms in total. The first-order chi connectivity index (χ1) is 28.7. The Labute approximate surface area is 337 Å². The molecule has 0 saturated heterocycles. The number of fused-ring (bicyclic) bond motifs is 8. The Bertz CT molecular complexity index is 3410. The maximum atomic E-state index is 6.59. The maximum absolute atomic E-state index is 6.59. The van der Waals surface area contributed by atoms with Gasteiger partial charge in [-0.3, -0.25) is 0 Å². The lowest BCUT2D eigenvalue weighted by Gasteiger charge is -2.20. The van der Waals surface area contributed by atoms with Crippen LogP contribution in [0.3, 0.4) is 0 Å². The summed E-state index contributed by atoms with van der Waals surface area (Å²) in [6.45, 7) is 0. The van der Waals surface area contributed by atoms with Crippen LogP contribution in [0, 0.1) is 0 Å². The monoisotopic (exact) mass is 762 g/mol. The number of benzene rings is 8. The van der Waals surface area contributed by atoms with Crippen molar-refractivity contribution in [3.05, 3.63) is 182 Å². The molecule has 0 N–H and O–H groups in total. The van der Waals surface area contributed by atoms with Crippen LogP contribution >= 0.6 is 11.8 Å². The molecule has 3 aromatic heterocycles. The number of hydrogen-bond donors (Lipinski definition) is 0. The maximum Gasteiger partial charge on any atom is 0.164 e. The van der Waals surface area contributed by atoms with Gasteiger partial charge in [0.25, 0.3) is 0 Å². The molecular formula is C51H30N4O2S. The average Bonchev–Trinajstić information content (AvgIpc) is 3.83. The minimum absolute atomic E-state index is 0.575. The summed E-state index contributed by atoms with van der Waals surface area (Å²) in [5.41, 5.74) is 9.77. The van der Waals surface area contributed by atoms with E-state index >= 15 is 0 Å². The molecule has 12 rings (SSSR count). The van der Waals surface area contributed by atoms with E-state index in [4.69, 9.17) is 24.1 Å². The molecular weight excluding hydrogens is 733 g/mol. The second-order valence-electron chi connectivity index (χ2n) is 14.4. The quantitative estimate of drug-likeness (QED) is 0.174. The highest BCUT2D eigenvalue weighted by atomic mass is 32.2. The summed E-state index contributed by atoms with van der Waals surface area (Å²) in [7, 11) is 0. The average molecular weight is 763 g/mol. The number of rotatable bonds is 5. The fraction of sp³-hybridized carbons (Fsp3) is 0. The molecule has 0 unspecified atom stereocenters. The van der Waals surface area contributed by atoms with Gasteiger partial charge in [0.15, 0.2) is 17.5 Å². The fourth-order valence-electron chi connectivity index (χ4n) is 8.12. The van der Waals surface area contributed by atoms with Gasteiger partial charge in [-0.05, 0) is 83.9 Å². The van der Waals surface area contributed by atoms with Gasteiger partial charge in [-0.25, -0.2) is 15.0 Å². The summed E-state index contributed by atoms with van der Waals surface area (Å²) >= 11 is 1.73. The first-order valence-corrected chi connectivity index (χ1v) is 20.0. The normalized spacial score (nSPS) is 12.2. The molecule has 0 amide bonds. The lowest BCUT2D eigenvalue weighted by atomic mass is 10.0. The minimum Gasteiger partial charge on any atom is -0.456 e. The van der Waals surface area contributed by atoms with Crippen molar-refractivity contribution >= 4 is 55.5 Å². The molecule has 0 bridgehead atoms. The standard InChI is InChI=1S/C51H30N4O2S/c1-3-11-31(12-4-1)49-52-50(34-20-23-38-37-15-7-8-16-41(37)55(42(38)27-34)36-13-5-2-6-14-36)54-51(53-49)35-21-25-40-39-24-19-32(28-45(39)57-46(40)29-35)33-22-26-44-48(30-33)58-47-18-10-9-17-43(47)56-44/h1-30H. The van der Waals surface area contributed by atoms with Gasteiger partial charge in [0, 0.05) is 43.9 Å². The minimum atomic E-state index is 0.575. The van der Waals surface area contributed by atoms with Crippen molar-refractivity contribution in [2.75, 3.05) is 0 Å².